The van der Waals surface area contributed by atoms with Crippen LogP contribution in [0.1, 0.15) is 36.6 Å². The highest BCUT2D eigenvalue weighted by Crippen LogP contribution is 2.33. The summed E-state index contributed by atoms with van der Waals surface area (Å²) < 4.78 is 13.7. The van der Waals surface area contributed by atoms with Crippen molar-refractivity contribution in [3.8, 4) is 0 Å². The predicted octanol–water partition coefficient (Wildman–Crippen LogP) is 4.02. The van der Waals surface area contributed by atoms with Gasteiger partial charge in [0.15, 0.2) is 0 Å². The van der Waals surface area contributed by atoms with E-state index in [0.29, 0.717) is 0 Å². The second-order valence-electron chi connectivity index (χ2n) is 5.61. The summed E-state index contributed by atoms with van der Waals surface area (Å²) in [5.74, 6) is -0.171. The molecule has 0 aliphatic carbocycles. The van der Waals surface area contributed by atoms with Crippen molar-refractivity contribution in [1.82, 2.24) is 5.32 Å². The average Bonchev–Trinajstić information content (AvgIpc) is 2.91. The fourth-order valence-electron chi connectivity index (χ4n) is 3.08. The van der Waals surface area contributed by atoms with Gasteiger partial charge in [-0.15, -0.1) is 0 Å². The standard InChI is InChI=1S/C18H21FN2/c1-3-20-13(2)17-10-16(19)8-9-18(17)21-11-14-6-4-5-7-15(14)12-21/h4-10,13,20H,3,11-12H2,1-2H3. The van der Waals surface area contributed by atoms with Gasteiger partial charge in [-0.3, -0.25) is 0 Å². The number of benzene rings is 2. The third-order valence-corrected chi connectivity index (χ3v) is 4.15. The van der Waals surface area contributed by atoms with Crippen LogP contribution in [0.5, 0.6) is 0 Å². The number of hydrogen-bond donors (Lipinski definition) is 1. The molecule has 0 radical (unpaired) electrons. The Balaban J connectivity index is 1.93. The van der Waals surface area contributed by atoms with Crippen LogP contribution >= 0.6 is 0 Å². The van der Waals surface area contributed by atoms with Crippen molar-refractivity contribution >= 4 is 5.69 Å². The molecule has 1 N–H and O–H groups in total. The van der Waals surface area contributed by atoms with Crippen LogP contribution in [0.25, 0.3) is 0 Å². The van der Waals surface area contributed by atoms with E-state index >= 15 is 0 Å². The summed E-state index contributed by atoms with van der Waals surface area (Å²) in [5, 5.41) is 3.38. The van der Waals surface area contributed by atoms with Crippen LogP contribution in [0.2, 0.25) is 0 Å². The van der Waals surface area contributed by atoms with Crippen molar-refractivity contribution in [2.75, 3.05) is 11.4 Å². The van der Waals surface area contributed by atoms with Gasteiger partial charge < -0.3 is 10.2 Å². The van der Waals surface area contributed by atoms with Gasteiger partial charge in [-0.25, -0.2) is 4.39 Å². The molecule has 1 aliphatic heterocycles. The van der Waals surface area contributed by atoms with E-state index in [1.165, 1.54) is 11.1 Å². The number of halogens is 1. The molecule has 2 aromatic carbocycles. The summed E-state index contributed by atoms with van der Waals surface area (Å²) in [6.45, 7) is 6.82. The molecule has 0 spiro atoms. The Kier molecular flexibility index (Phi) is 3.93. The summed E-state index contributed by atoms with van der Waals surface area (Å²) >= 11 is 0. The molecule has 2 aromatic rings. The van der Waals surface area contributed by atoms with E-state index in [2.05, 4.69) is 48.3 Å². The monoisotopic (exact) mass is 284 g/mol. The lowest BCUT2D eigenvalue weighted by atomic mass is 10.0. The van der Waals surface area contributed by atoms with Crippen molar-refractivity contribution in [2.45, 2.75) is 33.0 Å². The van der Waals surface area contributed by atoms with Gasteiger partial charge >= 0.3 is 0 Å². The van der Waals surface area contributed by atoms with Gasteiger partial charge in [-0.1, -0.05) is 31.2 Å². The lowest BCUT2D eigenvalue weighted by molar-refractivity contribution is 0.581. The molecule has 3 heteroatoms. The first kappa shape index (κ1) is 14.1. The first-order chi connectivity index (χ1) is 10.2. The normalized spacial score (nSPS) is 15.1. The molecule has 0 amide bonds. The number of anilines is 1. The van der Waals surface area contributed by atoms with Crippen LogP contribution in [0.15, 0.2) is 42.5 Å². The molecule has 1 heterocycles. The maximum Gasteiger partial charge on any atom is 0.123 e. The van der Waals surface area contributed by atoms with Gasteiger partial charge in [0.05, 0.1) is 0 Å². The van der Waals surface area contributed by atoms with Gasteiger partial charge in [-0.05, 0) is 48.4 Å². The van der Waals surface area contributed by atoms with Gasteiger partial charge in [-0.2, -0.15) is 0 Å². The van der Waals surface area contributed by atoms with Crippen molar-refractivity contribution in [2.24, 2.45) is 0 Å². The molecule has 1 unspecified atom stereocenters. The maximum atomic E-state index is 13.7. The minimum Gasteiger partial charge on any atom is -0.363 e. The molecule has 0 fully saturated rings. The summed E-state index contributed by atoms with van der Waals surface area (Å²) in [6.07, 6.45) is 0. The molecule has 3 rings (SSSR count). The minimum atomic E-state index is -0.171. The van der Waals surface area contributed by atoms with Crippen LogP contribution in [0.3, 0.4) is 0 Å². The highest BCUT2D eigenvalue weighted by molar-refractivity contribution is 5.58. The molecule has 0 saturated heterocycles. The SMILES string of the molecule is CCNC(C)c1cc(F)ccc1N1Cc2ccccc2C1. The number of hydrogen-bond acceptors (Lipinski definition) is 2. The molecule has 0 aromatic heterocycles. The minimum absolute atomic E-state index is 0.143. The first-order valence-corrected chi connectivity index (χ1v) is 7.53. The lowest BCUT2D eigenvalue weighted by Gasteiger charge is -2.25. The molecule has 1 aliphatic rings. The Labute approximate surface area is 125 Å². The van der Waals surface area contributed by atoms with E-state index < -0.39 is 0 Å². The van der Waals surface area contributed by atoms with Crippen molar-refractivity contribution in [3.63, 3.8) is 0 Å². The van der Waals surface area contributed by atoms with E-state index in [0.717, 1.165) is 30.9 Å². The maximum absolute atomic E-state index is 13.7. The van der Waals surface area contributed by atoms with Crippen molar-refractivity contribution < 1.29 is 4.39 Å². The second-order valence-corrected chi connectivity index (χ2v) is 5.61. The van der Waals surface area contributed by atoms with E-state index in [1.807, 2.05) is 6.07 Å². The molecule has 0 bridgehead atoms. The van der Waals surface area contributed by atoms with E-state index in [1.54, 1.807) is 12.1 Å². The highest BCUT2D eigenvalue weighted by atomic mass is 19.1. The molecule has 1 atom stereocenters. The Morgan fingerprint density at radius 1 is 1.14 bits per heavy atom. The van der Waals surface area contributed by atoms with E-state index in [9.17, 15) is 4.39 Å². The second kappa shape index (κ2) is 5.86. The summed E-state index contributed by atoms with van der Waals surface area (Å²) in [7, 11) is 0. The lowest BCUT2D eigenvalue weighted by Crippen LogP contribution is -2.23. The summed E-state index contributed by atoms with van der Waals surface area (Å²) in [4.78, 5) is 2.33. The largest absolute Gasteiger partial charge is 0.363 e. The number of nitrogens with one attached hydrogen (secondary N) is 1. The Hall–Kier alpha value is -1.87. The molecular weight excluding hydrogens is 263 g/mol. The molecule has 0 saturated carbocycles. The number of nitrogens with zero attached hydrogens (tertiary/aromatic N) is 1. The average molecular weight is 284 g/mol. The summed E-state index contributed by atoms with van der Waals surface area (Å²) in [6, 6.07) is 13.8. The highest BCUT2D eigenvalue weighted by Gasteiger charge is 2.22. The van der Waals surface area contributed by atoms with Crippen LogP contribution in [-0.4, -0.2) is 6.54 Å². The summed E-state index contributed by atoms with van der Waals surface area (Å²) in [5.41, 5.74) is 4.89. The Bertz CT molecular complexity index is 614. The van der Waals surface area contributed by atoms with Crippen LogP contribution in [-0.2, 0) is 13.1 Å². The quantitative estimate of drug-likeness (QED) is 0.912. The van der Waals surface area contributed by atoms with E-state index in [-0.39, 0.29) is 11.9 Å². The predicted molar refractivity (Wildman–Crippen MR) is 84.8 cm³/mol. The Morgan fingerprint density at radius 3 is 2.43 bits per heavy atom. The third kappa shape index (κ3) is 2.79. The molecular formula is C18H21FN2. The molecule has 2 nitrogen and oxygen atoms in total. The molecule has 110 valence electrons. The van der Waals surface area contributed by atoms with Crippen molar-refractivity contribution in [3.05, 3.63) is 65.0 Å². The van der Waals surface area contributed by atoms with Crippen molar-refractivity contribution in [1.29, 1.82) is 0 Å². The van der Waals surface area contributed by atoms with Gasteiger partial charge in [0.2, 0.25) is 0 Å². The molecule has 21 heavy (non-hydrogen) atoms. The fourth-order valence-corrected chi connectivity index (χ4v) is 3.08. The fraction of sp³-hybridized carbons (Fsp3) is 0.333. The first-order valence-electron chi connectivity index (χ1n) is 7.53. The van der Waals surface area contributed by atoms with Gasteiger partial charge in [0.1, 0.15) is 5.82 Å². The smallest absolute Gasteiger partial charge is 0.123 e. The zero-order valence-corrected chi connectivity index (χ0v) is 12.6. The zero-order valence-electron chi connectivity index (χ0n) is 12.6. The van der Waals surface area contributed by atoms with Crippen LogP contribution < -0.4 is 10.2 Å². The van der Waals surface area contributed by atoms with Crippen LogP contribution in [0.4, 0.5) is 10.1 Å². The Morgan fingerprint density at radius 2 is 1.81 bits per heavy atom. The topological polar surface area (TPSA) is 15.3 Å². The number of rotatable bonds is 4. The van der Waals surface area contributed by atoms with Crippen LogP contribution in [0, 0.1) is 5.82 Å². The zero-order chi connectivity index (χ0) is 14.8. The van der Waals surface area contributed by atoms with Gasteiger partial charge in [0.25, 0.3) is 0 Å². The van der Waals surface area contributed by atoms with E-state index in [4.69, 9.17) is 0 Å². The van der Waals surface area contributed by atoms with Gasteiger partial charge in [0, 0.05) is 24.8 Å². The number of fused-ring (bicyclic) bond motifs is 1. The third-order valence-electron chi connectivity index (χ3n) is 4.15.